The minimum Gasteiger partial charge on any atom is -0.305 e. The first-order chi connectivity index (χ1) is 12.8. The number of nitrogens with one attached hydrogen (secondary N) is 1. The van der Waals surface area contributed by atoms with Crippen LogP contribution in [0.15, 0.2) is 11.6 Å². The Bertz CT molecular complexity index is 601. The fourth-order valence-corrected chi connectivity index (χ4v) is 8.11. The SMILES string of the molecule is CC(C)CCCCC1CCC2C3CCC4=CC(=N)CCC4(C)C3CCC12C. The molecule has 0 aromatic heterocycles. The molecule has 0 aliphatic heterocycles. The zero-order valence-electron chi connectivity index (χ0n) is 18.4. The van der Waals surface area contributed by atoms with Crippen LogP contribution in [0.25, 0.3) is 0 Å². The molecule has 0 heterocycles. The van der Waals surface area contributed by atoms with Crippen LogP contribution in [-0.4, -0.2) is 5.71 Å². The van der Waals surface area contributed by atoms with Gasteiger partial charge in [-0.15, -0.1) is 0 Å². The third-order valence-electron chi connectivity index (χ3n) is 9.78. The molecule has 1 N–H and O–H groups in total. The van der Waals surface area contributed by atoms with Crippen molar-refractivity contribution in [2.45, 2.75) is 105 Å². The fraction of sp³-hybridized carbons (Fsp3) is 0.885. The summed E-state index contributed by atoms with van der Waals surface area (Å²) in [6, 6.07) is 0. The van der Waals surface area contributed by atoms with Crippen molar-refractivity contribution < 1.29 is 0 Å². The maximum atomic E-state index is 8.14. The van der Waals surface area contributed by atoms with Crippen LogP contribution >= 0.6 is 0 Å². The van der Waals surface area contributed by atoms with E-state index in [2.05, 4.69) is 33.8 Å². The summed E-state index contributed by atoms with van der Waals surface area (Å²) in [6.45, 7) is 10.0. The largest absolute Gasteiger partial charge is 0.305 e. The lowest BCUT2D eigenvalue weighted by Crippen LogP contribution is -2.50. The summed E-state index contributed by atoms with van der Waals surface area (Å²) in [7, 11) is 0. The summed E-state index contributed by atoms with van der Waals surface area (Å²) >= 11 is 0. The molecular formula is C26H43N. The van der Waals surface area contributed by atoms with E-state index in [0.29, 0.717) is 10.8 Å². The molecule has 4 rings (SSSR count). The van der Waals surface area contributed by atoms with Crippen molar-refractivity contribution in [2.24, 2.45) is 40.4 Å². The molecule has 3 fully saturated rings. The molecule has 152 valence electrons. The van der Waals surface area contributed by atoms with Crippen molar-refractivity contribution in [1.82, 2.24) is 0 Å². The molecule has 0 aromatic carbocycles. The zero-order chi connectivity index (χ0) is 19.2. The molecule has 6 atom stereocenters. The predicted octanol–water partition coefficient (Wildman–Crippen LogP) is 7.80. The molecular weight excluding hydrogens is 326 g/mol. The maximum absolute atomic E-state index is 8.14. The summed E-state index contributed by atoms with van der Waals surface area (Å²) < 4.78 is 0. The first kappa shape index (κ1) is 19.7. The van der Waals surface area contributed by atoms with Gasteiger partial charge in [0, 0.05) is 5.71 Å². The summed E-state index contributed by atoms with van der Waals surface area (Å²) in [5.74, 6) is 4.74. The molecule has 1 heteroatoms. The van der Waals surface area contributed by atoms with Crippen LogP contribution in [0.1, 0.15) is 105 Å². The van der Waals surface area contributed by atoms with Gasteiger partial charge >= 0.3 is 0 Å². The number of fused-ring (bicyclic) bond motifs is 5. The molecule has 0 radical (unpaired) electrons. The van der Waals surface area contributed by atoms with Crippen LogP contribution < -0.4 is 0 Å². The molecule has 3 saturated carbocycles. The summed E-state index contributed by atoms with van der Waals surface area (Å²) in [4.78, 5) is 0. The molecule has 6 unspecified atom stereocenters. The van der Waals surface area contributed by atoms with Crippen LogP contribution in [0.4, 0.5) is 0 Å². The second kappa shape index (κ2) is 7.34. The van der Waals surface area contributed by atoms with Crippen molar-refractivity contribution in [2.75, 3.05) is 0 Å². The Labute approximate surface area is 168 Å². The van der Waals surface area contributed by atoms with E-state index in [1.54, 1.807) is 5.57 Å². The molecule has 0 aromatic rings. The van der Waals surface area contributed by atoms with Gasteiger partial charge in [-0.25, -0.2) is 0 Å². The summed E-state index contributed by atoms with van der Waals surface area (Å²) in [5, 5.41) is 8.14. The average Bonchev–Trinajstić information content (AvgIpc) is 2.96. The molecule has 0 saturated heterocycles. The van der Waals surface area contributed by atoms with Crippen LogP contribution in [0.2, 0.25) is 0 Å². The number of hydrogen-bond donors (Lipinski definition) is 1. The van der Waals surface area contributed by atoms with Crippen molar-refractivity contribution in [3.8, 4) is 0 Å². The third kappa shape index (κ3) is 3.36. The monoisotopic (exact) mass is 369 g/mol. The van der Waals surface area contributed by atoms with E-state index in [0.717, 1.165) is 41.7 Å². The third-order valence-corrected chi connectivity index (χ3v) is 9.78. The maximum Gasteiger partial charge on any atom is 0.0314 e. The van der Waals surface area contributed by atoms with E-state index in [1.807, 2.05) is 0 Å². The van der Waals surface area contributed by atoms with Gasteiger partial charge in [0.2, 0.25) is 0 Å². The minimum atomic E-state index is 0.421. The Morgan fingerprint density at radius 1 is 1.00 bits per heavy atom. The second-order valence-electron chi connectivity index (χ2n) is 11.5. The van der Waals surface area contributed by atoms with Crippen molar-refractivity contribution in [3.63, 3.8) is 0 Å². The first-order valence-corrected chi connectivity index (χ1v) is 12.1. The molecule has 0 spiro atoms. The highest BCUT2D eigenvalue weighted by Crippen LogP contribution is 2.67. The van der Waals surface area contributed by atoms with E-state index < -0.39 is 0 Å². The summed E-state index contributed by atoms with van der Waals surface area (Å²) in [6.07, 6.45) is 19.0. The van der Waals surface area contributed by atoms with Crippen molar-refractivity contribution in [3.05, 3.63) is 11.6 Å². The second-order valence-corrected chi connectivity index (χ2v) is 11.5. The Balaban J connectivity index is 1.46. The highest BCUT2D eigenvalue weighted by Gasteiger charge is 2.58. The van der Waals surface area contributed by atoms with E-state index in [4.69, 9.17) is 5.41 Å². The van der Waals surface area contributed by atoms with Gasteiger partial charge in [0.1, 0.15) is 0 Å². The quantitative estimate of drug-likeness (QED) is 0.478. The molecule has 0 amide bonds. The number of allylic oxidation sites excluding steroid dienone is 2. The number of unbranched alkanes of at least 4 members (excludes halogenated alkanes) is 1. The first-order valence-electron chi connectivity index (χ1n) is 12.1. The van der Waals surface area contributed by atoms with Gasteiger partial charge in [0.15, 0.2) is 0 Å². The molecule has 4 aliphatic rings. The van der Waals surface area contributed by atoms with Crippen LogP contribution in [0, 0.1) is 45.8 Å². The lowest BCUT2D eigenvalue weighted by molar-refractivity contribution is -0.0503. The van der Waals surface area contributed by atoms with Gasteiger partial charge < -0.3 is 5.41 Å². The average molecular weight is 370 g/mol. The van der Waals surface area contributed by atoms with Crippen LogP contribution in [0.5, 0.6) is 0 Å². The standard InChI is InChI=1S/C26H43N/c1-18(2)7-5-6-8-19-10-12-23-22-11-9-20-17-21(27)13-15-26(20,4)24(22)14-16-25(19,23)3/h17-19,22-24,27H,5-16H2,1-4H3. The van der Waals surface area contributed by atoms with Gasteiger partial charge in [-0.3, -0.25) is 0 Å². The van der Waals surface area contributed by atoms with Gasteiger partial charge in [0.25, 0.3) is 0 Å². The Kier molecular flexibility index (Phi) is 5.36. The van der Waals surface area contributed by atoms with E-state index in [-0.39, 0.29) is 0 Å². The molecule has 27 heavy (non-hydrogen) atoms. The van der Waals surface area contributed by atoms with Crippen molar-refractivity contribution >= 4 is 5.71 Å². The van der Waals surface area contributed by atoms with E-state index in [1.165, 1.54) is 70.6 Å². The zero-order valence-corrected chi connectivity index (χ0v) is 18.4. The van der Waals surface area contributed by atoms with Gasteiger partial charge in [0.05, 0.1) is 0 Å². The van der Waals surface area contributed by atoms with E-state index in [9.17, 15) is 0 Å². The molecule has 0 bridgehead atoms. The van der Waals surface area contributed by atoms with Gasteiger partial charge in [-0.1, -0.05) is 52.5 Å². The molecule has 4 aliphatic carbocycles. The number of rotatable bonds is 5. The summed E-state index contributed by atoms with van der Waals surface area (Å²) in [5.41, 5.74) is 3.60. The van der Waals surface area contributed by atoms with E-state index >= 15 is 0 Å². The lowest BCUT2D eigenvalue weighted by Gasteiger charge is -2.58. The van der Waals surface area contributed by atoms with Gasteiger partial charge in [-0.05, 0) is 104 Å². The van der Waals surface area contributed by atoms with Crippen LogP contribution in [0.3, 0.4) is 0 Å². The smallest absolute Gasteiger partial charge is 0.0314 e. The fourth-order valence-electron chi connectivity index (χ4n) is 8.11. The predicted molar refractivity (Wildman–Crippen MR) is 116 cm³/mol. The topological polar surface area (TPSA) is 23.9 Å². The Morgan fingerprint density at radius 3 is 2.59 bits per heavy atom. The Morgan fingerprint density at radius 2 is 1.81 bits per heavy atom. The lowest BCUT2D eigenvalue weighted by atomic mass is 9.46. The highest BCUT2D eigenvalue weighted by molar-refractivity contribution is 5.94. The van der Waals surface area contributed by atoms with Crippen LogP contribution in [-0.2, 0) is 0 Å². The molecule has 1 nitrogen and oxygen atoms in total. The normalized spacial score (nSPS) is 43.9. The van der Waals surface area contributed by atoms with Gasteiger partial charge in [-0.2, -0.15) is 0 Å². The number of hydrogen-bond acceptors (Lipinski definition) is 1. The highest BCUT2D eigenvalue weighted by atomic mass is 14.6. The van der Waals surface area contributed by atoms with Crippen molar-refractivity contribution in [1.29, 1.82) is 5.41 Å². The Hall–Kier alpha value is -0.590. The minimum absolute atomic E-state index is 0.421.